The lowest BCUT2D eigenvalue weighted by Gasteiger charge is -2.53. The van der Waals surface area contributed by atoms with Gasteiger partial charge < -0.3 is 20.1 Å². The molecule has 3 rings (SSSR count). The molecule has 2 atom stereocenters. The number of amides is 1. The molecule has 0 aromatic carbocycles. The minimum Gasteiger partial charge on any atom is -0.388 e. The van der Waals surface area contributed by atoms with Crippen molar-refractivity contribution in [1.82, 2.24) is 20.1 Å². The minimum atomic E-state index is -0.798. The van der Waals surface area contributed by atoms with Crippen LogP contribution in [0.5, 0.6) is 0 Å². The van der Waals surface area contributed by atoms with Crippen molar-refractivity contribution in [3.63, 3.8) is 0 Å². The van der Waals surface area contributed by atoms with Gasteiger partial charge in [-0.15, -0.1) is 0 Å². The van der Waals surface area contributed by atoms with Gasteiger partial charge in [0, 0.05) is 32.4 Å². The monoisotopic (exact) mass is 394 g/mol. The van der Waals surface area contributed by atoms with E-state index in [4.69, 9.17) is 4.74 Å². The van der Waals surface area contributed by atoms with Gasteiger partial charge in [-0.25, -0.2) is 4.39 Å². The quantitative estimate of drug-likeness (QED) is 0.768. The number of hydrogen-bond acceptors (Lipinski definition) is 6. The van der Waals surface area contributed by atoms with Crippen LogP contribution in [-0.4, -0.2) is 83.4 Å². The molecule has 7 nitrogen and oxygen atoms in total. The van der Waals surface area contributed by atoms with Crippen LogP contribution in [0.25, 0.3) is 0 Å². The Morgan fingerprint density at radius 3 is 2.79 bits per heavy atom. The van der Waals surface area contributed by atoms with Crippen LogP contribution in [0.2, 0.25) is 0 Å². The maximum Gasteiger partial charge on any atom is 0.234 e. The lowest BCUT2D eigenvalue weighted by Crippen LogP contribution is -2.69. The van der Waals surface area contributed by atoms with Crippen molar-refractivity contribution < 1.29 is 19.0 Å². The van der Waals surface area contributed by atoms with E-state index in [2.05, 4.69) is 15.2 Å². The smallest absolute Gasteiger partial charge is 0.234 e. The highest BCUT2D eigenvalue weighted by Gasteiger charge is 2.53. The first-order valence-corrected chi connectivity index (χ1v) is 9.84. The summed E-state index contributed by atoms with van der Waals surface area (Å²) in [5, 5.41) is 14.2. The number of rotatable bonds is 5. The van der Waals surface area contributed by atoms with Crippen LogP contribution < -0.4 is 5.32 Å². The Kier molecular flexibility index (Phi) is 6.34. The maximum absolute atomic E-state index is 13.9. The summed E-state index contributed by atoms with van der Waals surface area (Å²) < 4.78 is 19.9. The summed E-state index contributed by atoms with van der Waals surface area (Å²) in [6.45, 7) is 4.45. The molecule has 1 amide bonds. The zero-order valence-electron chi connectivity index (χ0n) is 16.9. The number of carbonyl (C=O) groups is 1. The van der Waals surface area contributed by atoms with Gasteiger partial charge in [0.05, 0.1) is 23.4 Å². The lowest BCUT2D eigenvalue weighted by atomic mass is 9.73. The van der Waals surface area contributed by atoms with Gasteiger partial charge in [0.2, 0.25) is 5.91 Å². The molecule has 2 fully saturated rings. The number of halogens is 1. The minimum absolute atomic E-state index is 0.105. The summed E-state index contributed by atoms with van der Waals surface area (Å²) >= 11 is 0. The van der Waals surface area contributed by atoms with Gasteiger partial charge in [-0.2, -0.15) is 0 Å². The molecule has 28 heavy (non-hydrogen) atoms. The van der Waals surface area contributed by atoms with E-state index in [1.54, 1.807) is 17.2 Å². The Balaban J connectivity index is 1.63. The Bertz CT molecular complexity index is 694. The molecule has 0 saturated carbocycles. The molecule has 0 unspecified atom stereocenters. The highest BCUT2D eigenvalue weighted by Crippen LogP contribution is 2.40. The van der Waals surface area contributed by atoms with Crippen LogP contribution in [0.3, 0.4) is 0 Å². The van der Waals surface area contributed by atoms with Gasteiger partial charge in [0.1, 0.15) is 11.9 Å². The molecule has 0 bridgehead atoms. The van der Waals surface area contributed by atoms with Crippen LogP contribution in [0.1, 0.15) is 31.9 Å². The zero-order valence-corrected chi connectivity index (χ0v) is 16.9. The number of likely N-dealkylation sites (N-methyl/N-ethyl adjacent to an activating group) is 1. The zero-order chi connectivity index (χ0) is 20.4. The number of nitrogens with zero attached hydrogens (tertiary/aromatic N) is 3. The fourth-order valence-electron chi connectivity index (χ4n) is 4.29. The van der Waals surface area contributed by atoms with Crippen LogP contribution in [-0.2, 0) is 16.1 Å². The second-order valence-electron chi connectivity index (χ2n) is 8.48. The van der Waals surface area contributed by atoms with Gasteiger partial charge >= 0.3 is 0 Å². The van der Waals surface area contributed by atoms with Crippen LogP contribution in [0, 0.1) is 5.82 Å². The number of pyridine rings is 1. The molecular weight excluding hydrogens is 363 g/mol. The summed E-state index contributed by atoms with van der Waals surface area (Å²) in [7, 11) is 3.67. The largest absolute Gasteiger partial charge is 0.388 e. The molecule has 0 radical (unpaired) electrons. The molecule has 2 aliphatic rings. The van der Waals surface area contributed by atoms with E-state index in [1.807, 2.05) is 21.0 Å². The maximum atomic E-state index is 13.9. The van der Waals surface area contributed by atoms with Crippen LogP contribution >= 0.6 is 0 Å². The summed E-state index contributed by atoms with van der Waals surface area (Å²) in [5.74, 6) is -0.403. The van der Waals surface area contributed by atoms with E-state index >= 15 is 0 Å². The van der Waals surface area contributed by atoms with Gasteiger partial charge in [-0.1, -0.05) is 0 Å². The summed E-state index contributed by atoms with van der Waals surface area (Å²) in [5.41, 5.74) is -0.970. The summed E-state index contributed by atoms with van der Waals surface area (Å²) in [4.78, 5) is 20.3. The highest BCUT2D eigenvalue weighted by atomic mass is 19.1. The molecule has 8 heteroatoms. The Morgan fingerprint density at radius 2 is 2.14 bits per heavy atom. The number of carbonyl (C=O) groups excluding carboxylic acids is 1. The van der Waals surface area contributed by atoms with Gasteiger partial charge in [0.15, 0.2) is 0 Å². The number of piperidine rings is 1. The molecule has 2 N–H and O–H groups in total. The second kappa shape index (κ2) is 8.41. The summed E-state index contributed by atoms with van der Waals surface area (Å²) in [6, 6.07) is 3.01. The van der Waals surface area contributed by atoms with Gasteiger partial charge in [0.25, 0.3) is 0 Å². The number of nitrogens with one attached hydrogen (secondary N) is 1. The van der Waals surface area contributed by atoms with Crippen molar-refractivity contribution >= 4 is 5.91 Å². The molecule has 156 valence electrons. The van der Waals surface area contributed by atoms with Gasteiger partial charge in [-0.3, -0.25) is 14.7 Å². The highest BCUT2D eigenvalue weighted by molar-refractivity contribution is 5.78. The first-order chi connectivity index (χ1) is 13.2. The Labute approximate surface area is 165 Å². The molecule has 3 heterocycles. The van der Waals surface area contributed by atoms with Gasteiger partial charge in [-0.05, 0) is 52.4 Å². The molecule has 1 aromatic heterocycles. The third-order valence-corrected chi connectivity index (χ3v) is 5.91. The standard InChI is InChI=1S/C20H31FN4O3/c1-19(23-17(26)14-24(2)3)8-12-28-20(18(19)27)6-10-25(11-7-20)13-16-15(21)5-4-9-22-16/h4-5,9,18,27H,6-8,10-14H2,1-3H3,(H,23,26)/t18-,19+/m1/s1. The van der Waals surface area contributed by atoms with Crippen molar-refractivity contribution in [1.29, 1.82) is 0 Å². The van der Waals surface area contributed by atoms with Crippen LogP contribution in [0.15, 0.2) is 18.3 Å². The van der Waals surface area contributed by atoms with Crippen molar-refractivity contribution in [2.24, 2.45) is 0 Å². The van der Waals surface area contributed by atoms with Crippen molar-refractivity contribution in [2.45, 2.75) is 50.0 Å². The molecule has 0 aliphatic carbocycles. The van der Waals surface area contributed by atoms with Crippen LogP contribution in [0.4, 0.5) is 4.39 Å². The van der Waals surface area contributed by atoms with E-state index in [0.29, 0.717) is 51.2 Å². The van der Waals surface area contributed by atoms with E-state index in [0.717, 1.165) is 0 Å². The number of hydrogen-bond donors (Lipinski definition) is 2. The number of aromatic nitrogens is 1. The normalized spacial score (nSPS) is 27.9. The predicted molar refractivity (Wildman–Crippen MR) is 103 cm³/mol. The van der Waals surface area contributed by atoms with E-state index in [9.17, 15) is 14.3 Å². The second-order valence-corrected chi connectivity index (χ2v) is 8.48. The molecule has 1 aromatic rings. The first kappa shape index (κ1) is 21.1. The third-order valence-electron chi connectivity index (χ3n) is 5.91. The average Bonchev–Trinajstić information content (AvgIpc) is 2.63. The molecule has 2 saturated heterocycles. The first-order valence-electron chi connectivity index (χ1n) is 9.84. The van der Waals surface area contributed by atoms with E-state index in [1.165, 1.54) is 6.07 Å². The SMILES string of the molecule is CN(C)CC(=O)N[C@@]1(C)CCOC2(CCN(Cc3ncccc3F)CC2)[C@@H]1O. The Hall–Kier alpha value is -1.61. The summed E-state index contributed by atoms with van der Waals surface area (Å²) in [6.07, 6.45) is 2.62. The molecular formula is C20H31FN4O3. The predicted octanol–water partition coefficient (Wildman–Crippen LogP) is 0.773. The fourth-order valence-corrected chi connectivity index (χ4v) is 4.29. The Morgan fingerprint density at radius 1 is 1.43 bits per heavy atom. The number of aliphatic hydroxyl groups is 1. The van der Waals surface area contributed by atoms with E-state index in [-0.39, 0.29) is 18.3 Å². The molecule has 1 spiro atoms. The van der Waals surface area contributed by atoms with Crippen molar-refractivity contribution in [3.05, 3.63) is 29.8 Å². The number of ether oxygens (including phenoxy) is 1. The number of likely N-dealkylation sites (tertiary alicyclic amines) is 1. The topological polar surface area (TPSA) is 77.9 Å². The fraction of sp³-hybridized carbons (Fsp3) is 0.700. The average molecular weight is 394 g/mol. The lowest BCUT2D eigenvalue weighted by molar-refractivity contribution is -0.208. The van der Waals surface area contributed by atoms with E-state index < -0.39 is 17.2 Å². The number of aliphatic hydroxyl groups excluding tert-OH is 1. The van der Waals surface area contributed by atoms with Crippen molar-refractivity contribution in [3.8, 4) is 0 Å². The third kappa shape index (κ3) is 4.51. The van der Waals surface area contributed by atoms with Crippen molar-refractivity contribution in [2.75, 3.05) is 40.3 Å². The molecule has 2 aliphatic heterocycles.